The number of benzene rings is 1. The lowest BCUT2D eigenvalue weighted by atomic mass is 9.97. The SMILES string of the molecule is CC(C)(C)OC(=O)c1cn(O)c(=N)c(-c2ccccc2)c1C(=O)OC(C)(C)C. The zero-order valence-corrected chi connectivity index (χ0v) is 17.0. The van der Waals surface area contributed by atoms with E-state index in [1.54, 1.807) is 71.9 Å². The van der Waals surface area contributed by atoms with Crippen LogP contribution in [0.5, 0.6) is 0 Å². The molecule has 2 N–H and O–H groups in total. The minimum Gasteiger partial charge on any atom is -0.456 e. The van der Waals surface area contributed by atoms with Crippen LogP contribution in [0.25, 0.3) is 11.1 Å². The van der Waals surface area contributed by atoms with Crippen LogP contribution in [0.2, 0.25) is 0 Å². The van der Waals surface area contributed by atoms with Gasteiger partial charge in [-0.2, -0.15) is 4.73 Å². The van der Waals surface area contributed by atoms with E-state index in [1.165, 1.54) is 0 Å². The van der Waals surface area contributed by atoms with Crippen molar-refractivity contribution in [1.29, 1.82) is 5.41 Å². The van der Waals surface area contributed by atoms with Gasteiger partial charge in [0.15, 0.2) is 5.49 Å². The molecule has 2 rings (SSSR count). The number of nitrogens with zero attached hydrogens (tertiary/aromatic N) is 1. The summed E-state index contributed by atoms with van der Waals surface area (Å²) in [5.41, 5.74) is -1.70. The second-order valence-corrected chi connectivity index (χ2v) is 8.36. The Labute approximate surface area is 164 Å². The van der Waals surface area contributed by atoms with Gasteiger partial charge in [-0.05, 0) is 47.1 Å². The number of rotatable bonds is 3. The van der Waals surface area contributed by atoms with E-state index in [2.05, 4.69) is 0 Å². The summed E-state index contributed by atoms with van der Waals surface area (Å²) in [6, 6.07) is 8.61. The fraction of sp³-hybridized carbons (Fsp3) is 0.381. The highest BCUT2D eigenvalue weighted by Gasteiger charge is 2.31. The summed E-state index contributed by atoms with van der Waals surface area (Å²) in [5, 5.41) is 18.5. The van der Waals surface area contributed by atoms with Gasteiger partial charge in [0.1, 0.15) is 11.2 Å². The monoisotopic (exact) mass is 386 g/mol. The summed E-state index contributed by atoms with van der Waals surface area (Å²) < 4.78 is 11.4. The molecule has 0 saturated heterocycles. The molecule has 0 amide bonds. The summed E-state index contributed by atoms with van der Waals surface area (Å²) in [5.74, 6) is -1.57. The number of pyridine rings is 1. The van der Waals surface area contributed by atoms with Crippen LogP contribution in [0.3, 0.4) is 0 Å². The van der Waals surface area contributed by atoms with Crippen LogP contribution in [-0.2, 0) is 9.47 Å². The standard InChI is InChI=1S/C21H26N2O5/c1-20(2,3)27-18(24)14-12-23(26)17(22)15(13-10-8-7-9-11-13)16(14)19(25)28-21(4,5)6/h7-12,22,26H,1-6H3. The molecule has 0 aliphatic heterocycles. The maximum atomic E-state index is 13.0. The lowest BCUT2D eigenvalue weighted by Crippen LogP contribution is -2.32. The van der Waals surface area contributed by atoms with E-state index in [0.717, 1.165) is 6.20 Å². The topological polar surface area (TPSA) is 102 Å². The quantitative estimate of drug-likeness (QED) is 0.617. The van der Waals surface area contributed by atoms with Crippen molar-refractivity contribution in [2.45, 2.75) is 52.7 Å². The van der Waals surface area contributed by atoms with Crippen LogP contribution in [0.1, 0.15) is 62.3 Å². The number of hydrogen-bond donors (Lipinski definition) is 2. The Morgan fingerprint density at radius 1 is 0.929 bits per heavy atom. The first kappa shape index (κ1) is 21.2. The van der Waals surface area contributed by atoms with Crippen molar-refractivity contribution in [3.63, 3.8) is 0 Å². The fourth-order valence-corrected chi connectivity index (χ4v) is 2.53. The van der Waals surface area contributed by atoms with Gasteiger partial charge in [-0.3, -0.25) is 5.41 Å². The summed E-state index contributed by atoms with van der Waals surface area (Å²) in [7, 11) is 0. The van der Waals surface area contributed by atoms with Gasteiger partial charge in [0.2, 0.25) is 0 Å². The van der Waals surface area contributed by atoms with Gasteiger partial charge in [-0.25, -0.2) is 9.59 Å². The first-order valence-electron chi connectivity index (χ1n) is 8.86. The molecule has 0 saturated carbocycles. The predicted octanol–water partition coefficient (Wildman–Crippen LogP) is 3.78. The third-order valence-corrected chi connectivity index (χ3v) is 3.52. The molecule has 1 heterocycles. The zero-order chi connectivity index (χ0) is 21.3. The molecule has 7 nitrogen and oxygen atoms in total. The number of hydrogen-bond acceptors (Lipinski definition) is 6. The first-order valence-corrected chi connectivity index (χ1v) is 8.86. The number of nitrogens with one attached hydrogen (secondary N) is 1. The van der Waals surface area contributed by atoms with E-state index >= 15 is 0 Å². The molecule has 0 atom stereocenters. The van der Waals surface area contributed by atoms with Gasteiger partial charge in [-0.1, -0.05) is 30.3 Å². The number of carbonyl (C=O) groups excluding carboxylic acids is 2. The Bertz CT molecular complexity index is 948. The van der Waals surface area contributed by atoms with Crippen molar-refractivity contribution in [2.24, 2.45) is 0 Å². The molecule has 7 heteroatoms. The van der Waals surface area contributed by atoms with E-state index in [1.807, 2.05) is 0 Å². The molecule has 0 aliphatic carbocycles. The largest absolute Gasteiger partial charge is 0.456 e. The minimum absolute atomic E-state index is 0.0840. The zero-order valence-electron chi connectivity index (χ0n) is 17.0. The van der Waals surface area contributed by atoms with Crippen LogP contribution in [0, 0.1) is 5.41 Å². The van der Waals surface area contributed by atoms with Crippen LogP contribution in [-0.4, -0.2) is 33.1 Å². The van der Waals surface area contributed by atoms with Gasteiger partial charge in [0.25, 0.3) is 0 Å². The third-order valence-electron chi connectivity index (χ3n) is 3.52. The van der Waals surface area contributed by atoms with Crippen molar-refractivity contribution in [3.05, 3.63) is 53.1 Å². The summed E-state index contributed by atoms with van der Waals surface area (Å²) in [6.07, 6.45) is 1.00. The van der Waals surface area contributed by atoms with Crippen molar-refractivity contribution < 1.29 is 24.3 Å². The second-order valence-electron chi connectivity index (χ2n) is 8.36. The van der Waals surface area contributed by atoms with E-state index < -0.39 is 23.1 Å². The highest BCUT2D eigenvalue weighted by Crippen LogP contribution is 2.27. The highest BCUT2D eigenvalue weighted by molar-refractivity contribution is 6.07. The smallest absolute Gasteiger partial charge is 0.341 e. The Kier molecular flexibility index (Phi) is 5.68. The van der Waals surface area contributed by atoms with E-state index in [4.69, 9.17) is 14.9 Å². The molecule has 0 radical (unpaired) electrons. The van der Waals surface area contributed by atoms with Gasteiger partial charge in [-0.15, -0.1) is 0 Å². The molecule has 0 bridgehead atoms. The lowest BCUT2D eigenvalue weighted by molar-refractivity contribution is 0.00151. The molecule has 0 unspecified atom stereocenters. The molecule has 150 valence electrons. The van der Waals surface area contributed by atoms with Crippen molar-refractivity contribution in [1.82, 2.24) is 4.73 Å². The molecule has 28 heavy (non-hydrogen) atoms. The number of carbonyl (C=O) groups is 2. The molecule has 1 aromatic carbocycles. The van der Waals surface area contributed by atoms with E-state index in [0.29, 0.717) is 10.3 Å². The van der Waals surface area contributed by atoms with E-state index in [-0.39, 0.29) is 22.2 Å². The molecule has 0 fully saturated rings. The molecular weight excluding hydrogens is 360 g/mol. The minimum atomic E-state index is -0.816. The van der Waals surface area contributed by atoms with Crippen LogP contribution < -0.4 is 5.49 Å². The van der Waals surface area contributed by atoms with Gasteiger partial charge in [0, 0.05) is 5.56 Å². The Hall–Kier alpha value is -3.09. The van der Waals surface area contributed by atoms with Crippen LogP contribution in [0.4, 0.5) is 0 Å². The van der Waals surface area contributed by atoms with Crippen molar-refractivity contribution >= 4 is 11.9 Å². The Morgan fingerprint density at radius 2 is 1.43 bits per heavy atom. The predicted molar refractivity (Wildman–Crippen MR) is 103 cm³/mol. The first-order chi connectivity index (χ1) is 12.8. The average molecular weight is 386 g/mol. The molecule has 2 aromatic rings. The van der Waals surface area contributed by atoms with Gasteiger partial charge < -0.3 is 14.7 Å². The van der Waals surface area contributed by atoms with E-state index in [9.17, 15) is 14.8 Å². The number of aromatic nitrogens is 1. The lowest BCUT2D eigenvalue weighted by Gasteiger charge is -2.24. The Morgan fingerprint density at radius 3 is 1.93 bits per heavy atom. The number of esters is 2. The third kappa shape index (κ3) is 5.00. The summed E-state index contributed by atoms with van der Waals surface area (Å²) >= 11 is 0. The van der Waals surface area contributed by atoms with Crippen molar-refractivity contribution in [3.8, 4) is 11.1 Å². The second kappa shape index (κ2) is 7.50. The Balaban J connectivity index is 2.81. The fourth-order valence-electron chi connectivity index (χ4n) is 2.53. The van der Waals surface area contributed by atoms with Crippen LogP contribution >= 0.6 is 0 Å². The normalized spacial score (nSPS) is 11.8. The summed E-state index contributed by atoms with van der Waals surface area (Å²) in [4.78, 5) is 25.8. The summed E-state index contributed by atoms with van der Waals surface area (Å²) in [6.45, 7) is 10.2. The average Bonchev–Trinajstić information content (AvgIpc) is 2.54. The van der Waals surface area contributed by atoms with Crippen LogP contribution in [0.15, 0.2) is 36.5 Å². The molecule has 0 spiro atoms. The maximum Gasteiger partial charge on any atom is 0.341 e. The van der Waals surface area contributed by atoms with Gasteiger partial charge in [0.05, 0.1) is 17.3 Å². The molecule has 1 aromatic heterocycles. The molecule has 0 aliphatic rings. The van der Waals surface area contributed by atoms with Gasteiger partial charge >= 0.3 is 11.9 Å². The maximum absolute atomic E-state index is 13.0. The number of ether oxygens (including phenoxy) is 2. The molecular formula is C21H26N2O5. The highest BCUT2D eigenvalue weighted by atomic mass is 16.6. The van der Waals surface area contributed by atoms with Crippen molar-refractivity contribution in [2.75, 3.05) is 0 Å².